The van der Waals surface area contributed by atoms with E-state index in [1.165, 1.54) is 18.4 Å². The molecule has 9 heteroatoms. The molecule has 2 heterocycles. The van der Waals surface area contributed by atoms with Crippen LogP contribution in [0.2, 0.25) is 0 Å². The Morgan fingerprint density at radius 2 is 1.96 bits per heavy atom. The molecule has 0 saturated heterocycles. The minimum Gasteiger partial charge on any atom is -0.359 e. The second-order valence-electron chi connectivity index (χ2n) is 6.01. The third-order valence-corrected chi connectivity index (χ3v) is 5.42. The maximum absolute atomic E-state index is 13.3. The Hall–Kier alpha value is -2.78. The normalized spacial score (nSPS) is 22.3. The molecule has 2 atom stereocenters. The van der Waals surface area contributed by atoms with Gasteiger partial charge in [0.2, 0.25) is 15.9 Å². The third-order valence-electron chi connectivity index (χ3n) is 4.31. The SMILES string of the molecule is Cc1noc(C2(C(=O)Nc3ccccc3)C=CC=NC2S(N)(=O)=O)c1C. The molecule has 3 N–H and O–H groups in total. The van der Waals surface area contributed by atoms with Gasteiger partial charge in [-0.25, -0.2) is 13.6 Å². The van der Waals surface area contributed by atoms with Crippen LogP contribution in [0.15, 0.2) is 52.0 Å². The number of aryl methyl sites for hydroxylation is 1. The van der Waals surface area contributed by atoms with Crippen molar-refractivity contribution in [3.05, 3.63) is 59.5 Å². The molecule has 26 heavy (non-hydrogen) atoms. The molecule has 2 unspecified atom stereocenters. The monoisotopic (exact) mass is 374 g/mol. The molecule has 0 fully saturated rings. The number of carbonyl (C=O) groups excluding carboxylic acids is 1. The summed E-state index contributed by atoms with van der Waals surface area (Å²) in [6.07, 6.45) is 4.21. The van der Waals surface area contributed by atoms with Gasteiger partial charge in [-0.2, -0.15) is 0 Å². The lowest BCUT2D eigenvalue weighted by Crippen LogP contribution is -2.53. The van der Waals surface area contributed by atoms with E-state index in [1.54, 1.807) is 44.2 Å². The molecule has 0 aliphatic carbocycles. The van der Waals surface area contributed by atoms with E-state index in [4.69, 9.17) is 9.66 Å². The molecular formula is C17H18N4O4S. The predicted molar refractivity (Wildman–Crippen MR) is 97.3 cm³/mol. The molecule has 1 aliphatic rings. The number of nitrogens with one attached hydrogen (secondary N) is 1. The summed E-state index contributed by atoms with van der Waals surface area (Å²) in [6.45, 7) is 3.40. The topological polar surface area (TPSA) is 128 Å². The average molecular weight is 374 g/mol. The Balaban J connectivity index is 2.19. The molecule has 0 spiro atoms. The van der Waals surface area contributed by atoms with Gasteiger partial charge in [0.1, 0.15) is 0 Å². The molecule has 0 saturated carbocycles. The minimum atomic E-state index is -4.22. The number of aliphatic imine (C=N–C) groups is 1. The summed E-state index contributed by atoms with van der Waals surface area (Å²) in [5.74, 6) is -0.536. The average Bonchev–Trinajstić information content (AvgIpc) is 2.94. The number of nitrogens with two attached hydrogens (primary N) is 1. The van der Waals surface area contributed by atoms with Gasteiger partial charge in [-0.3, -0.25) is 9.79 Å². The molecule has 1 aromatic heterocycles. The Labute approximate surface area is 150 Å². The van der Waals surface area contributed by atoms with Crippen LogP contribution >= 0.6 is 0 Å². The number of anilines is 1. The zero-order valence-electron chi connectivity index (χ0n) is 14.2. The van der Waals surface area contributed by atoms with Crippen LogP contribution in [0.4, 0.5) is 5.69 Å². The molecule has 0 bridgehead atoms. The Morgan fingerprint density at radius 1 is 1.27 bits per heavy atom. The number of hydrogen-bond donors (Lipinski definition) is 2. The summed E-state index contributed by atoms with van der Waals surface area (Å²) in [6, 6.07) is 8.67. The van der Waals surface area contributed by atoms with Crippen molar-refractivity contribution in [3.8, 4) is 0 Å². The first-order valence-corrected chi connectivity index (χ1v) is 9.40. The van der Waals surface area contributed by atoms with Gasteiger partial charge in [-0.15, -0.1) is 0 Å². The summed E-state index contributed by atoms with van der Waals surface area (Å²) in [4.78, 5) is 17.2. The fourth-order valence-electron chi connectivity index (χ4n) is 2.90. The zero-order chi connectivity index (χ0) is 18.9. The predicted octanol–water partition coefficient (Wildman–Crippen LogP) is 1.42. The largest absolute Gasteiger partial charge is 0.359 e. The van der Waals surface area contributed by atoms with E-state index in [1.807, 2.05) is 0 Å². The summed E-state index contributed by atoms with van der Waals surface area (Å²) < 4.78 is 29.8. The lowest BCUT2D eigenvalue weighted by Gasteiger charge is -2.33. The number of carbonyl (C=O) groups is 1. The number of aromatic nitrogens is 1. The van der Waals surface area contributed by atoms with E-state index < -0.39 is 26.7 Å². The van der Waals surface area contributed by atoms with Crippen molar-refractivity contribution in [1.82, 2.24) is 5.16 Å². The van der Waals surface area contributed by atoms with Crippen LogP contribution in [-0.2, 0) is 20.2 Å². The summed E-state index contributed by atoms with van der Waals surface area (Å²) >= 11 is 0. The standard InChI is InChI=1S/C17H18N4O4S/c1-11-12(2)21-25-14(11)17(9-6-10-19-16(17)26(18,23)24)15(22)20-13-7-4-3-5-8-13/h3-10,16H,1-2H3,(H,20,22)(H2,18,23,24). The molecular weight excluding hydrogens is 356 g/mol. The van der Waals surface area contributed by atoms with Crippen LogP contribution in [0.1, 0.15) is 17.0 Å². The molecule has 136 valence electrons. The van der Waals surface area contributed by atoms with Crippen molar-refractivity contribution in [2.45, 2.75) is 24.6 Å². The zero-order valence-corrected chi connectivity index (χ0v) is 15.0. The van der Waals surface area contributed by atoms with Gasteiger partial charge in [0.05, 0.1) is 5.69 Å². The maximum Gasteiger partial charge on any atom is 0.245 e. The summed E-state index contributed by atoms with van der Waals surface area (Å²) in [5, 5.41) is 10.4. The first kappa shape index (κ1) is 18.0. The van der Waals surface area contributed by atoms with Crippen molar-refractivity contribution in [1.29, 1.82) is 0 Å². The quantitative estimate of drug-likeness (QED) is 0.836. The van der Waals surface area contributed by atoms with E-state index in [9.17, 15) is 13.2 Å². The fourth-order valence-corrected chi connectivity index (χ4v) is 3.95. The number of nitrogens with zero attached hydrogens (tertiary/aromatic N) is 2. The third kappa shape index (κ3) is 2.95. The minimum absolute atomic E-state index is 0.0931. The molecule has 8 nitrogen and oxygen atoms in total. The second kappa shape index (κ2) is 6.50. The van der Waals surface area contributed by atoms with Gasteiger partial charge in [-0.05, 0) is 32.1 Å². The number of primary sulfonamides is 1. The number of para-hydroxylation sites is 1. The highest BCUT2D eigenvalue weighted by Crippen LogP contribution is 2.39. The number of benzene rings is 1. The van der Waals surface area contributed by atoms with E-state index in [0.717, 1.165) is 0 Å². The van der Waals surface area contributed by atoms with Crippen molar-refractivity contribution >= 4 is 27.8 Å². The Morgan fingerprint density at radius 3 is 2.54 bits per heavy atom. The van der Waals surface area contributed by atoms with Gasteiger partial charge < -0.3 is 9.84 Å². The molecule has 0 radical (unpaired) electrons. The number of rotatable bonds is 4. The van der Waals surface area contributed by atoms with Gasteiger partial charge in [-0.1, -0.05) is 29.4 Å². The van der Waals surface area contributed by atoms with Gasteiger partial charge >= 0.3 is 0 Å². The summed E-state index contributed by atoms with van der Waals surface area (Å²) in [5.41, 5.74) is -0.169. The molecule has 3 rings (SSSR count). The first-order chi connectivity index (χ1) is 12.3. The lowest BCUT2D eigenvalue weighted by molar-refractivity contribution is -0.120. The first-order valence-electron chi connectivity index (χ1n) is 7.79. The highest BCUT2D eigenvalue weighted by atomic mass is 32.2. The van der Waals surface area contributed by atoms with Crippen LogP contribution in [-0.4, -0.2) is 31.1 Å². The lowest BCUT2D eigenvalue weighted by atomic mass is 9.80. The van der Waals surface area contributed by atoms with Gasteiger partial charge in [0.25, 0.3) is 0 Å². The van der Waals surface area contributed by atoms with Crippen molar-refractivity contribution < 1.29 is 17.7 Å². The number of allylic oxidation sites excluding steroid dienone is 1. The highest BCUT2D eigenvalue weighted by Gasteiger charge is 2.55. The van der Waals surface area contributed by atoms with E-state index in [-0.39, 0.29) is 5.76 Å². The van der Waals surface area contributed by atoms with Gasteiger partial charge in [0, 0.05) is 17.5 Å². The van der Waals surface area contributed by atoms with Crippen LogP contribution in [0, 0.1) is 13.8 Å². The number of sulfonamides is 1. The second-order valence-corrected chi connectivity index (χ2v) is 7.63. The van der Waals surface area contributed by atoms with Crippen molar-refractivity contribution in [3.63, 3.8) is 0 Å². The Bertz CT molecular complexity index is 995. The van der Waals surface area contributed by atoms with E-state index >= 15 is 0 Å². The van der Waals surface area contributed by atoms with Crippen LogP contribution < -0.4 is 10.5 Å². The molecule has 1 aliphatic heterocycles. The maximum atomic E-state index is 13.3. The molecule has 1 amide bonds. The van der Waals surface area contributed by atoms with E-state index in [2.05, 4.69) is 15.5 Å². The van der Waals surface area contributed by atoms with Crippen molar-refractivity contribution in [2.75, 3.05) is 5.32 Å². The Kier molecular flexibility index (Phi) is 4.51. The van der Waals surface area contributed by atoms with Gasteiger partial charge in [0.15, 0.2) is 16.5 Å². The van der Waals surface area contributed by atoms with Crippen LogP contribution in [0.3, 0.4) is 0 Å². The van der Waals surface area contributed by atoms with Crippen LogP contribution in [0.25, 0.3) is 0 Å². The highest BCUT2D eigenvalue weighted by molar-refractivity contribution is 7.89. The summed E-state index contributed by atoms with van der Waals surface area (Å²) in [7, 11) is -4.22. The van der Waals surface area contributed by atoms with Crippen molar-refractivity contribution in [2.24, 2.45) is 10.1 Å². The fraction of sp³-hybridized carbons (Fsp3) is 0.235. The smallest absolute Gasteiger partial charge is 0.245 e. The number of dihydropyridines is 1. The number of hydrogen-bond acceptors (Lipinski definition) is 6. The molecule has 1 aromatic carbocycles. The van der Waals surface area contributed by atoms with E-state index in [0.29, 0.717) is 16.9 Å². The number of amides is 1. The molecule has 2 aromatic rings. The van der Waals surface area contributed by atoms with Crippen LogP contribution in [0.5, 0.6) is 0 Å².